The summed E-state index contributed by atoms with van der Waals surface area (Å²) < 4.78 is 0. The summed E-state index contributed by atoms with van der Waals surface area (Å²) in [7, 11) is 0. The zero-order chi connectivity index (χ0) is 15.4. The van der Waals surface area contributed by atoms with Crippen molar-refractivity contribution in [3.05, 3.63) is 40.3 Å². The van der Waals surface area contributed by atoms with Crippen LogP contribution in [-0.2, 0) is 9.59 Å². The van der Waals surface area contributed by atoms with Crippen molar-refractivity contribution < 1.29 is 14.7 Å². The van der Waals surface area contributed by atoms with Crippen LogP contribution in [0.3, 0.4) is 0 Å². The van der Waals surface area contributed by atoms with Crippen LogP contribution in [0.1, 0.15) is 30.9 Å². The molecule has 1 heterocycles. The van der Waals surface area contributed by atoms with Gasteiger partial charge in [-0.1, -0.05) is 29.8 Å². The van der Waals surface area contributed by atoms with Crippen LogP contribution in [0.5, 0.6) is 0 Å². The Bertz CT molecular complexity index is 578. The van der Waals surface area contributed by atoms with Gasteiger partial charge in [-0.3, -0.25) is 9.59 Å². The molecule has 0 saturated carbocycles. The van der Waals surface area contributed by atoms with Crippen molar-refractivity contribution in [2.75, 3.05) is 12.3 Å². The minimum Gasteiger partial charge on any atom is -0.481 e. The zero-order valence-electron chi connectivity index (χ0n) is 12.3. The summed E-state index contributed by atoms with van der Waals surface area (Å²) >= 11 is 1.55. The third-order valence-electron chi connectivity index (χ3n) is 3.41. The lowest BCUT2D eigenvalue weighted by Crippen LogP contribution is -2.35. The van der Waals surface area contributed by atoms with Crippen LogP contribution in [0.2, 0.25) is 0 Å². The molecular weight excluding hydrogens is 286 g/mol. The predicted octanol–water partition coefficient (Wildman–Crippen LogP) is 3.12. The summed E-state index contributed by atoms with van der Waals surface area (Å²) in [6.45, 7) is 4.49. The smallest absolute Gasteiger partial charge is 0.303 e. The number of hydrogen-bond acceptors (Lipinski definition) is 3. The van der Waals surface area contributed by atoms with Crippen molar-refractivity contribution in [1.29, 1.82) is 0 Å². The quantitative estimate of drug-likeness (QED) is 0.908. The molecule has 1 amide bonds. The van der Waals surface area contributed by atoms with Gasteiger partial charge in [0.15, 0.2) is 0 Å². The Balaban J connectivity index is 2.25. The molecule has 2 rings (SSSR count). The summed E-state index contributed by atoms with van der Waals surface area (Å²) in [5.41, 5.74) is 3.10. The molecule has 0 saturated heterocycles. The van der Waals surface area contributed by atoms with Gasteiger partial charge in [0.25, 0.3) is 0 Å². The van der Waals surface area contributed by atoms with Crippen LogP contribution >= 0.6 is 11.8 Å². The Morgan fingerprint density at radius 1 is 1.29 bits per heavy atom. The summed E-state index contributed by atoms with van der Waals surface area (Å²) in [6.07, 6.45) is 0.547. The molecule has 0 unspecified atom stereocenters. The monoisotopic (exact) mass is 305 g/mol. The van der Waals surface area contributed by atoms with Gasteiger partial charge in [-0.05, 0) is 25.8 Å². The highest BCUT2D eigenvalue weighted by molar-refractivity contribution is 8.03. The lowest BCUT2D eigenvalue weighted by molar-refractivity contribution is -0.137. The number of hydrogen-bond donors (Lipinski definition) is 1. The highest BCUT2D eigenvalue weighted by Crippen LogP contribution is 2.34. The average Bonchev–Trinajstić information content (AvgIpc) is 2.44. The van der Waals surface area contributed by atoms with Crippen LogP contribution in [0.25, 0.3) is 5.70 Å². The first-order chi connectivity index (χ1) is 9.99. The largest absolute Gasteiger partial charge is 0.481 e. The van der Waals surface area contributed by atoms with Crippen LogP contribution in [0.15, 0.2) is 29.2 Å². The van der Waals surface area contributed by atoms with Crippen LogP contribution in [0.4, 0.5) is 0 Å². The maximum atomic E-state index is 12.2. The molecule has 1 N–H and O–H groups in total. The van der Waals surface area contributed by atoms with Crippen LogP contribution < -0.4 is 0 Å². The van der Waals surface area contributed by atoms with Gasteiger partial charge < -0.3 is 10.0 Å². The molecule has 0 radical (unpaired) electrons. The Hall–Kier alpha value is -1.75. The molecule has 1 aromatic carbocycles. The average molecular weight is 305 g/mol. The Morgan fingerprint density at radius 3 is 2.57 bits per heavy atom. The van der Waals surface area contributed by atoms with Gasteiger partial charge in [-0.2, -0.15) is 0 Å². The Morgan fingerprint density at radius 2 is 1.95 bits per heavy atom. The SMILES string of the molecule is CC1=C(c2ccc(C)cc2)N(CCCC(=O)O)C(=O)CS1. The van der Waals surface area contributed by atoms with Crippen LogP contribution in [-0.4, -0.2) is 34.2 Å². The number of rotatable bonds is 5. The fourth-order valence-electron chi connectivity index (χ4n) is 2.33. The number of carbonyl (C=O) groups is 2. The normalized spacial score (nSPS) is 15.5. The molecule has 1 aromatic rings. The topological polar surface area (TPSA) is 57.6 Å². The number of nitrogens with zero attached hydrogens (tertiary/aromatic N) is 1. The molecule has 0 bridgehead atoms. The summed E-state index contributed by atoms with van der Waals surface area (Å²) in [6, 6.07) is 8.07. The molecule has 0 aromatic heterocycles. The third-order valence-corrected chi connectivity index (χ3v) is 4.43. The second-order valence-corrected chi connectivity index (χ2v) is 6.29. The molecule has 5 heteroatoms. The van der Waals surface area contributed by atoms with E-state index in [1.165, 1.54) is 5.56 Å². The van der Waals surface area contributed by atoms with Crippen molar-refractivity contribution in [2.45, 2.75) is 26.7 Å². The molecule has 1 aliphatic heterocycles. The van der Waals surface area contributed by atoms with Gasteiger partial charge in [0, 0.05) is 17.9 Å². The van der Waals surface area contributed by atoms with Gasteiger partial charge >= 0.3 is 5.97 Å². The molecule has 0 atom stereocenters. The molecule has 4 nitrogen and oxygen atoms in total. The third kappa shape index (κ3) is 3.88. The minimum absolute atomic E-state index is 0.0477. The van der Waals surface area contributed by atoms with E-state index < -0.39 is 5.97 Å². The zero-order valence-corrected chi connectivity index (χ0v) is 13.1. The lowest BCUT2D eigenvalue weighted by Gasteiger charge is -2.31. The molecule has 1 aliphatic rings. The fourth-order valence-corrected chi connectivity index (χ4v) is 3.19. The second kappa shape index (κ2) is 6.80. The van der Waals surface area contributed by atoms with Crippen LogP contribution in [0, 0.1) is 6.92 Å². The standard InChI is InChI=1S/C16H19NO3S/c1-11-5-7-13(8-6-11)16-12(2)21-10-14(18)17(16)9-3-4-15(19)20/h5-8H,3-4,9-10H2,1-2H3,(H,19,20). The number of aliphatic carboxylic acids is 1. The van der Waals surface area contributed by atoms with E-state index in [4.69, 9.17) is 5.11 Å². The highest BCUT2D eigenvalue weighted by Gasteiger charge is 2.26. The van der Waals surface area contributed by atoms with E-state index in [2.05, 4.69) is 0 Å². The first-order valence-electron chi connectivity index (χ1n) is 6.92. The number of carbonyl (C=O) groups excluding carboxylic acids is 1. The van der Waals surface area contributed by atoms with Gasteiger partial charge in [-0.15, -0.1) is 11.8 Å². The van der Waals surface area contributed by atoms with E-state index in [0.717, 1.165) is 16.2 Å². The van der Waals surface area contributed by atoms with E-state index >= 15 is 0 Å². The lowest BCUT2D eigenvalue weighted by atomic mass is 10.1. The van der Waals surface area contributed by atoms with E-state index in [9.17, 15) is 9.59 Å². The first kappa shape index (κ1) is 15.6. The number of benzene rings is 1. The number of carboxylic acids is 1. The van der Waals surface area contributed by atoms with E-state index in [0.29, 0.717) is 18.7 Å². The Kier molecular flexibility index (Phi) is 5.07. The second-order valence-electron chi connectivity index (χ2n) is 5.10. The van der Waals surface area contributed by atoms with Crippen molar-refractivity contribution in [3.63, 3.8) is 0 Å². The van der Waals surface area contributed by atoms with Gasteiger partial charge in [-0.25, -0.2) is 0 Å². The minimum atomic E-state index is -0.827. The number of amides is 1. The number of thioether (sulfide) groups is 1. The summed E-state index contributed by atoms with van der Waals surface area (Å²) in [5, 5.41) is 8.75. The van der Waals surface area contributed by atoms with Gasteiger partial charge in [0.1, 0.15) is 0 Å². The van der Waals surface area contributed by atoms with Crippen molar-refractivity contribution in [1.82, 2.24) is 4.90 Å². The maximum Gasteiger partial charge on any atom is 0.303 e. The van der Waals surface area contributed by atoms with Crippen molar-refractivity contribution >= 4 is 29.3 Å². The number of carboxylic acid groups (broad SMARTS) is 1. The summed E-state index contributed by atoms with van der Waals surface area (Å²) in [5.74, 6) is -0.355. The number of allylic oxidation sites excluding steroid dienone is 1. The van der Waals surface area contributed by atoms with E-state index in [1.807, 2.05) is 38.1 Å². The first-order valence-corrected chi connectivity index (χ1v) is 7.90. The molecule has 0 fully saturated rings. The Labute approximate surface area is 128 Å². The highest BCUT2D eigenvalue weighted by atomic mass is 32.2. The molecule has 0 aliphatic carbocycles. The van der Waals surface area contributed by atoms with Gasteiger partial charge in [0.2, 0.25) is 5.91 Å². The molecule has 0 spiro atoms. The van der Waals surface area contributed by atoms with E-state index in [-0.39, 0.29) is 12.3 Å². The molecular formula is C16H19NO3S. The predicted molar refractivity (Wildman–Crippen MR) is 84.8 cm³/mol. The van der Waals surface area contributed by atoms with E-state index in [1.54, 1.807) is 16.7 Å². The van der Waals surface area contributed by atoms with Crippen molar-refractivity contribution in [3.8, 4) is 0 Å². The van der Waals surface area contributed by atoms with Gasteiger partial charge in [0.05, 0.1) is 11.4 Å². The molecule has 21 heavy (non-hydrogen) atoms. The summed E-state index contributed by atoms with van der Waals surface area (Å²) in [4.78, 5) is 25.7. The molecule has 112 valence electrons. The van der Waals surface area contributed by atoms with Crippen molar-refractivity contribution in [2.24, 2.45) is 0 Å². The maximum absolute atomic E-state index is 12.2. The number of aryl methyl sites for hydroxylation is 1. The fraction of sp³-hybridized carbons (Fsp3) is 0.375.